The van der Waals surface area contributed by atoms with E-state index in [1.807, 2.05) is 13.8 Å². The molecule has 0 aromatic carbocycles. The topological polar surface area (TPSA) is 90.9 Å². The van der Waals surface area contributed by atoms with Gasteiger partial charge in [-0.1, -0.05) is 13.8 Å². The minimum absolute atomic E-state index is 0.369. The lowest BCUT2D eigenvalue weighted by Crippen LogP contribution is -2.33. The predicted octanol–water partition coefficient (Wildman–Crippen LogP) is 2.23. The van der Waals surface area contributed by atoms with Crippen molar-refractivity contribution in [2.24, 2.45) is 5.92 Å². The Morgan fingerprint density at radius 3 is 2.57 bits per heavy atom. The van der Waals surface area contributed by atoms with Crippen molar-refractivity contribution in [2.75, 3.05) is 37.7 Å². The number of hydrogen-bond donors (Lipinski definition) is 3. The van der Waals surface area contributed by atoms with Crippen LogP contribution >= 0.6 is 0 Å². The fourth-order valence-electron chi connectivity index (χ4n) is 2.41. The molecule has 118 valence electrons. The zero-order chi connectivity index (χ0) is 15.8. The summed E-state index contributed by atoms with van der Waals surface area (Å²) < 4.78 is 0. The smallest absolute Gasteiger partial charge is 0.140 e. The Kier molecular flexibility index (Phi) is 7.08. The maximum absolute atomic E-state index is 7.76. The molecule has 1 aromatic rings. The lowest BCUT2D eigenvalue weighted by molar-refractivity contribution is 0.226. The molecule has 0 saturated carbocycles. The largest absolute Gasteiger partial charge is 0.383 e. The van der Waals surface area contributed by atoms with Gasteiger partial charge in [-0.05, 0) is 45.8 Å². The van der Waals surface area contributed by atoms with Crippen molar-refractivity contribution in [1.82, 2.24) is 14.9 Å². The molecule has 1 aromatic heterocycles. The minimum Gasteiger partial charge on any atom is -0.383 e. The third-order valence-electron chi connectivity index (χ3n) is 3.65. The Morgan fingerprint density at radius 2 is 2.00 bits per heavy atom. The van der Waals surface area contributed by atoms with E-state index in [1.165, 1.54) is 19.2 Å². The number of likely N-dealkylation sites (tertiary alicyclic amines) is 1. The molecule has 0 bridgehead atoms. The molecular formula is C15H28N6. The maximum atomic E-state index is 7.76. The maximum Gasteiger partial charge on any atom is 0.140 e. The third-order valence-corrected chi connectivity index (χ3v) is 3.65. The number of hydrogen-bond acceptors (Lipinski definition) is 6. The summed E-state index contributed by atoms with van der Waals surface area (Å²) in [5, 5.41) is 11.1. The SMILES string of the molecule is CC.CC(=N)c1c(N)ncnc1NCC1CCN(C)CC1. The Morgan fingerprint density at radius 1 is 1.38 bits per heavy atom. The van der Waals surface area contributed by atoms with Crippen LogP contribution in [-0.2, 0) is 0 Å². The summed E-state index contributed by atoms with van der Waals surface area (Å²) in [4.78, 5) is 10.5. The molecule has 0 aliphatic carbocycles. The van der Waals surface area contributed by atoms with Gasteiger partial charge in [0.2, 0.25) is 0 Å². The van der Waals surface area contributed by atoms with Gasteiger partial charge in [0.1, 0.15) is 18.0 Å². The summed E-state index contributed by atoms with van der Waals surface area (Å²) in [5.41, 5.74) is 6.82. The van der Waals surface area contributed by atoms with E-state index in [4.69, 9.17) is 11.1 Å². The highest BCUT2D eigenvalue weighted by atomic mass is 15.1. The predicted molar refractivity (Wildman–Crippen MR) is 89.0 cm³/mol. The number of nitrogens with two attached hydrogens (primary N) is 1. The third kappa shape index (κ3) is 4.97. The van der Waals surface area contributed by atoms with Gasteiger partial charge in [-0.2, -0.15) is 0 Å². The van der Waals surface area contributed by atoms with E-state index in [-0.39, 0.29) is 0 Å². The lowest BCUT2D eigenvalue weighted by atomic mass is 9.97. The van der Waals surface area contributed by atoms with Gasteiger partial charge in [0.15, 0.2) is 0 Å². The summed E-state index contributed by atoms with van der Waals surface area (Å²) in [6, 6.07) is 0. The monoisotopic (exact) mass is 292 g/mol. The summed E-state index contributed by atoms with van der Waals surface area (Å²) in [5.74, 6) is 1.71. The zero-order valence-electron chi connectivity index (χ0n) is 13.6. The molecule has 6 heteroatoms. The van der Waals surface area contributed by atoms with Gasteiger partial charge < -0.3 is 21.4 Å². The number of nitrogen functional groups attached to an aromatic ring is 1. The number of nitrogens with zero attached hydrogens (tertiary/aromatic N) is 3. The van der Waals surface area contributed by atoms with Gasteiger partial charge in [0.25, 0.3) is 0 Å². The van der Waals surface area contributed by atoms with E-state index in [9.17, 15) is 0 Å². The standard InChI is InChI=1S/C13H22N6.C2H6/c1-9(14)11-12(15)17-8-18-13(11)16-7-10-3-5-19(2)6-4-10;1-2/h8,10,14H,3-7H2,1-2H3,(H3,15,16,17,18);1-2H3. The van der Waals surface area contributed by atoms with Crippen LogP contribution in [0.1, 0.15) is 39.2 Å². The number of aromatic nitrogens is 2. The zero-order valence-corrected chi connectivity index (χ0v) is 13.6. The Hall–Kier alpha value is -1.69. The Bertz CT molecular complexity index is 451. The quantitative estimate of drug-likeness (QED) is 0.740. The van der Waals surface area contributed by atoms with Gasteiger partial charge in [-0.25, -0.2) is 9.97 Å². The lowest BCUT2D eigenvalue weighted by Gasteiger charge is -2.29. The van der Waals surface area contributed by atoms with Crippen LogP contribution < -0.4 is 11.1 Å². The van der Waals surface area contributed by atoms with Crippen molar-refractivity contribution < 1.29 is 0 Å². The highest BCUT2D eigenvalue weighted by Crippen LogP contribution is 2.20. The van der Waals surface area contributed by atoms with Crippen LogP contribution in [0.15, 0.2) is 6.33 Å². The van der Waals surface area contributed by atoms with Gasteiger partial charge in [0.05, 0.1) is 5.56 Å². The van der Waals surface area contributed by atoms with Crippen molar-refractivity contribution >= 4 is 17.3 Å². The number of nitrogens with one attached hydrogen (secondary N) is 2. The van der Waals surface area contributed by atoms with Gasteiger partial charge in [0, 0.05) is 12.3 Å². The molecule has 1 aliphatic heterocycles. The molecule has 0 unspecified atom stereocenters. The van der Waals surface area contributed by atoms with E-state index in [0.717, 1.165) is 19.6 Å². The van der Waals surface area contributed by atoms with Gasteiger partial charge >= 0.3 is 0 Å². The molecule has 2 heterocycles. The molecule has 0 atom stereocenters. The van der Waals surface area contributed by atoms with Crippen LogP contribution in [0.5, 0.6) is 0 Å². The second-order valence-electron chi connectivity index (χ2n) is 5.24. The summed E-state index contributed by atoms with van der Waals surface area (Å²) in [7, 11) is 2.16. The number of anilines is 2. The first kappa shape index (κ1) is 17.4. The molecule has 2 rings (SSSR count). The highest BCUT2D eigenvalue weighted by molar-refractivity contribution is 6.04. The van der Waals surface area contributed by atoms with Crippen LogP contribution in [-0.4, -0.2) is 47.3 Å². The van der Waals surface area contributed by atoms with E-state index in [2.05, 4.69) is 27.2 Å². The van der Waals surface area contributed by atoms with E-state index in [1.54, 1.807) is 6.92 Å². The molecule has 0 amide bonds. The van der Waals surface area contributed by atoms with E-state index < -0.39 is 0 Å². The van der Waals surface area contributed by atoms with Crippen LogP contribution in [0.2, 0.25) is 0 Å². The fraction of sp³-hybridized carbons (Fsp3) is 0.667. The Balaban J connectivity index is 0.00000106. The first-order chi connectivity index (χ1) is 10.1. The van der Waals surface area contributed by atoms with E-state index >= 15 is 0 Å². The van der Waals surface area contributed by atoms with Crippen LogP contribution in [0, 0.1) is 11.3 Å². The molecule has 21 heavy (non-hydrogen) atoms. The van der Waals surface area contributed by atoms with Crippen LogP contribution in [0.4, 0.5) is 11.6 Å². The van der Waals surface area contributed by atoms with Gasteiger partial charge in [-0.15, -0.1) is 0 Å². The Labute approximate surface area is 127 Å². The molecule has 1 aliphatic rings. The van der Waals surface area contributed by atoms with Crippen LogP contribution in [0.3, 0.4) is 0 Å². The second kappa shape index (κ2) is 8.56. The highest BCUT2D eigenvalue weighted by Gasteiger charge is 2.18. The van der Waals surface area contributed by atoms with Crippen LogP contribution in [0.25, 0.3) is 0 Å². The molecule has 0 spiro atoms. The van der Waals surface area contributed by atoms with Gasteiger partial charge in [-0.3, -0.25) is 0 Å². The summed E-state index contributed by atoms with van der Waals surface area (Å²) in [6.45, 7) is 8.88. The second-order valence-corrected chi connectivity index (χ2v) is 5.24. The molecule has 0 radical (unpaired) electrons. The average Bonchev–Trinajstić information content (AvgIpc) is 2.48. The fourth-order valence-corrected chi connectivity index (χ4v) is 2.41. The normalized spacial score (nSPS) is 16.0. The first-order valence-corrected chi connectivity index (χ1v) is 7.66. The van der Waals surface area contributed by atoms with Crippen molar-refractivity contribution in [1.29, 1.82) is 5.41 Å². The number of rotatable bonds is 4. The summed E-state index contributed by atoms with van der Waals surface area (Å²) in [6.07, 6.45) is 3.84. The molecule has 4 N–H and O–H groups in total. The molecule has 1 fully saturated rings. The molecular weight excluding hydrogens is 264 g/mol. The van der Waals surface area contributed by atoms with Crippen molar-refractivity contribution in [3.63, 3.8) is 0 Å². The van der Waals surface area contributed by atoms with E-state index in [0.29, 0.717) is 28.8 Å². The minimum atomic E-state index is 0.369. The number of piperidine rings is 1. The molecule has 6 nitrogen and oxygen atoms in total. The summed E-state index contributed by atoms with van der Waals surface area (Å²) >= 11 is 0. The molecule has 1 saturated heterocycles. The van der Waals surface area contributed by atoms with Crippen molar-refractivity contribution in [3.05, 3.63) is 11.9 Å². The van der Waals surface area contributed by atoms with Crippen molar-refractivity contribution in [2.45, 2.75) is 33.6 Å². The average molecular weight is 292 g/mol. The van der Waals surface area contributed by atoms with Crippen molar-refractivity contribution in [3.8, 4) is 0 Å². The first-order valence-electron chi connectivity index (χ1n) is 7.66.